The minimum Gasteiger partial charge on any atom is -0.495 e. The Morgan fingerprint density at radius 2 is 1.88 bits per heavy atom. The van der Waals surface area contributed by atoms with Crippen LogP contribution in [0.15, 0.2) is 66.0 Å². The van der Waals surface area contributed by atoms with Gasteiger partial charge in [0.05, 0.1) is 19.2 Å². The van der Waals surface area contributed by atoms with Crippen LogP contribution in [0.2, 0.25) is 5.02 Å². The summed E-state index contributed by atoms with van der Waals surface area (Å²) >= 11 is 7.85. The van der Waals surface area contributed by atoms with Crippen LogP contribution in [0.4, 0.5) is 5.69 Å². The zero-order valence-electron chi connectivity index (χ0n) is 18.5. The first kappa shape index (κ1) is 23.3. The molecule has 7 heteroatoms. The predicted molar refractivity (Wildman–Crippen MR) is 133 cm³/mol. The summed E-state index contributed by atoms with van der Waals surface area (Å²) in [5.74, 6) is 0.0802. The number of carbonyl (C=O) groups is 2. The van der Waals surface area contributed by atoms with E-state index < -0.39 is 6.04 Å². The molecule has 2 amide bonds. The van der Waals surface area contributed by atoms with Crippen molar-refractivity contribution in [1.82, 2.24) is 5.32 Å². The summed E-state index contributed by atoms with van der Waals surface area (Å²) in [7, 11) is 1.55. The maximum atomic E-state index is 13.8. The van der Waals surface area contributed by atoms with E-state index in [0.29, 0.717) is 16.5 Å². The number of hydrogen-bond acceptors (Lipinski definition) is 4. The van der Waals surface area contributed by atoms with Crippen molar-refractivity contribution in [2.75, 3.05) is 12.0 Å². The zero-order valence-corrected chi connectivity index (χ0v) is 20.1. The fraction of sp³-hybridized carbons (Fsp3) is 0.308. The van der Waals surface area contributed by atoms with E-state index in [4.69, 9.17) is 16.3 Å². The molecule has 0 saturated heterocycles. The average molecular weight is 483 g/mol. The van der Waals surface area contributed by atoms with E-state index in [1.54, 1.807) is 30.2 Å². The van der Waals surface area contributed by atoms with Gasteiger partial charge in [0, 0.05) is 15.9 Å². The van der Waals surface area contributed by atoms with Crippen molar-refractivity contribution in [3.05, 3.63) is 81.5 Å². The second-order valence-corrected chi connectivity index (χ2v) is 9.61. The van der Waals surface area contributed by atoms with Gasteiger partial charge in [-0.25, -0.2) is 0 Å². The molecule has 1 atom stereocenters. The van der Waals surface area contributed by atoms with Gasteiger partial charge in [-0.15, -0.1) is 11.3 Å². The van der Waals surface area contributed by atoms with Crippen LogP contribution in [0, 0.1) is 0 Å². The molecule has 172 valence electrons. The SMILES string of the molecule is COc1ccc(Cl)cc1N(C(=O)Cc1cccs1)[C@@H](C(=O)NC1CCCC1)c1ccccc1. The van der Waals surface area contributed by atoms with E-state index in [1.165, 1.54) is 11.3 Å². The first-order valence-corrected chi connectivity index (χ1v) is 12.4. The lowest BCUT2D eigenvalue weighted by molar-refractivity contribution is -0.127. The quantitative estimate of drug-likeness (QED) is 0.442. The lowest BCUT2D eigenvalue weighted by Crippen LogP contribution is -2.47. The summed E-state index contributed by atoms with van der Waals surface area (Å²) in [4.78, 5) is 30.0. The number of thiophene rings is 1. The highest BCUT2D eigenvalue weighted by atomic mass is 35.5. The Hall–Kier alpha value is -2.83. The molecule has 0 unspecified atom stereocenters. The van der Waals surface area contributed by atoms with Gasteiger partial charge in [-0.1, -0.05) is 60.8 Å². The Morgan fingerprint density at radius 1 is 1.12 bits per heavy atom. The molecular formula is C26H27ClN2O3S. The largest absolute Gasteiger partial charge is 0.495 e. The third kappa shape index (κ3) is 5.57. The van der Waals surface area contributed by atoms with Crippen LogP contribution < -0.4 is 15.0 Å². The molecule has 0 spiro atoms. The van der Waals surface area contributed by atoms with Gasteiger partial charge in [0.2, 0.25) is 11.8 Å². The molecule has 1 aromatic heterocycles. The minimum absolute atomic E-state index is 0.124. The molecule has 1 aliphatic rings. The van der Waals surface area contributed by atoms with E-state index in [-0.39, 0.29) is 24.3 Å². The third-order valence-corrected chi connectivity index (χ3v) is 7.01. The average Bonchev–Trinajstić information content (AvgIpc) is 3.52. The van der Waals surface area contributed by atoms with Gasteiger partial charge in [-0.2, -0.15) is 0 Å². The van der Waals surface area contributed by atoms with Gasteiger partial charge < -0.3 is 10.1 Å². The highest BCUT2D eigenvalue weighted by Crippen LogP contribution is 2.38. The Bertz CT molecular complexity index is 1080. The van der Waals surface area contributed by atoms with Crippen molar-refractivity contribution < 1.29 is 14.3 Å². The summed E-state index contributed by atoms with van der Waals surface area (Å²) in [5, 5.41) is 5.59. The standard InChI is InChI=1S/C26H27ClN2O3S/c1-32-23-14-13-19(27)16-22(23)29(24(30)17-21-12-7-15-33-21)25(18-8-3-2-4-9-18)26(31)28-20-10-5-6-11-20/h2-4,7-9,12-16,20,25H,5-6,10-11,17H2,1H3,(H,28,31)/t25-/m1/s1. The van der Waals surface area contributed by atoms with E-state index in [1.807, 2.05) is 47.8 Å². The highest BCUT2D eigenvalue weighted by Gasteiger charge is 2.35. The number of anilines is 1. The Labute approximate surface area is 203 Å². The second-order valence-electron chi connectivity index (χ2n) is 8.14. The monoisotopic (exact) mass is 482 g/mol. The number of halogens is 1. The third-order valence-electron chi connectivity index (χ3n) is 5.90. The molecule has 0 aliphatic heterocycles. The topological polar surface area (TPSA) is 58.6 Å². The number of nitrogens with one attached hydrogen (secondary N) is 1. The molecule has 1 saturated carbocycles. The van der Waals surface area contributed by atoms with Gasteiger partial charge >= 0.3 is 0 Å². The number of rotatable bonds is 8. The summed E-state index contributed by atoms with van der Waals surface area (Å²) in [5.41, 5.74) is 1.21. The van der Waals surface area contributed by atoms with Crippen LogP contribution in [-0.2, 0) is 16.0 Å². The van der Waals surface area contributed by atoms with Gasteiger partial charge in [-0.3, -0.25) is 14.5 Å². The van der Waals surface area contributed by atoms with Crippen LogP contribution >= 0.6 is 22.9 Å². The van der Waals surface area contributed by atoms with Crippen molar-refractivity contribution in [3.63, 3.8) is 0 Å². The van der Waals surface area contributed by atoms with Crippen molar-refractivity contribution in [3.8, 4) is 5.75 Å². The summed E-state index contributed by atoms with van der Waals surface area (Å²) in [6.45, 7) is 0. The van der Waals surface area contributed by atoms with Gasteiger partial charge in [0.1, 0.15) is 11.8 Å². The predicted octanol–water partition coefficient (Wildman–Crippen LogP) is 5.79. The first-order chi connectivity index (χ1) is 16.1. The molecule has 0 radical (unpaired) electrons. The maximum Gasteiger partial charge on any atom is 0.248 e. The smallest absolute Gasteiger partial charge is 0.248 e. The summed E-state index contributed by atoms with van der Waals surface area (Å²) in [6.07, 6.45) is 4.29. The van der Waals surface area contributed by atoms with Gasteiger partial charge in [0.25, 0.3) is 0 Å². The first-order valence-electron chi connectivity index (χ1n) is 11.1. The van der Waals surface area contributed by atoms with E-state index in [0.717, 1.165) is 36.1 Å². The molecule has 1 aliphatic carbocycles. The number of hydrogen-bond donors (Lipinski definition) is 1. The molecule has 2 aromatic carbocycles. The second kappa shape index (κ2) is 10.9. The molecule has 5 nitrogen and oxygen atoms in total. The number of benzene rings is 2. The minimum atomic E-state index is -0.855. The number of nitrogens with zero attached hydrogens (tertiary/aromatic N) is 1. The van der Waals surface area contributed by atoms with Crippen molar-refractivity contribution in [2.45, 2.75) is 44.2 Å². The Kier molecular flexibility index (Phi) is 7.68. The maximum absolute atomic E-state index is 13.8. The number of carbonyl (C=O) groups excluding carboxylic acids is 2. The number of ether oxygens (including phenoxy) is 1. The van der Waals surface area contributed by atoms with Crippen LogP contribution in [-0.4, -0.2) is 25.0 Å². The van der Waals surface area contributed by atoms with Crippen molar-refractivity contribution in [1.29, 1.82) is 0 Å². The molecular weight excluding hydrogens is 456 g/mol. The van der Waals surface area contributed by atoms with Crippen molar-refractivity contribution in [2.24, 2.45) is 0 Å². The lowest BCUT2D eigenvalue weighted by Gasteiger charge is -2.33. The molecule has 0 bridgehead atoms. The molecule has 1 fully saturated rings. The highest BCUT2D eigenvalue weighted by molar-refractivity contribution is 7.10. The number of methoxy groups -OCH3 is 1. The fourth-order valence-electron chi connectivity index (χ4n) is 4.32. The van der Waals surface area contributed by atoms with E-state index in [9.17, 15) is 9.59 Å². The normalized spacial score (nSPS) is 14.6. The van der Waals surface area contributed by atoms with Gasteiger partial charge in [0.15, 0.2) is 0 Å². The van der Waals surface area contributed by atoms with Crippen LogP contribution in [0.5, 0.6) is 5.75 Å². The van der Waals surface area contributed by atoms with E-state index >= 15 is 0 Å². The summed E-state index contributed by atoms with van der Waals surface area (Å²) < 4.78 is 5.58. The Balaban J connectivity index is 1.80. The Morgan fingerprint density at radius 3 is 2.55 bits per heavy atom. The summed E-state index contributed by atoms with van der Waals surface area (Å²) in [6, 6.07) is 17.6. The lowest BCUT2D eigenvalue weighted by atomic mass is 10.0. The molecule has 33 heavy (non-hydrogen) atoms. The van der Waals surface area contributed by atoms with Crippen LogP contribution in [0.3, 0.4) is 0 Å². The number of amides is 2. The van der Waals surface area contributed by atoms with Crippen LogP contribution in [0.25, 0.3) is 0 Å². The molecule has 3 aromatic rings. The molecule has 4 rings (SSSR count). The van der Waals surface area contributed by atoms with Gasteiger partial charge in [-0.05, 0) is 48.1 Å². The molecule has 1 heterocycles. The molecule has 1 N–H and O–H groups in total. The van der Waals surface area contributed by atoms with E-state index in [2.05, 4.69) is 5.32 Å². The van der Waals surface area contributed by atoms with Crippen LogP contribution in [0.1, 0.15) is 42.2 Å². The van der Waals surface area contributed by atoms with Crippen molar-refractivity contribution >= 4 is 40.4 Å². The fourth-order valence-corrected chi connectivity index (χ4v) is 5.18. The zero-order chi connectivity index (χ0) is 23.2.